The molecule has 0 unspecified atom stereocenters. The first-order valence-electron chi connectivity index (χ1n) is 9.23. The predicted octanol–water partition coefficient (Wildman–Crippen LogP) is -2.32. The SMILES string of the molecule is N[C@@H](CCC(=O)O)C(=O)NCCOCCOCC(=O)NCCOCCOCC=O. The molecule has 0 aromatic carbocycles. The maximum absolute atomic E-state index is 11.6. The second-order valence-corrected chi connectivity index (χ2v) is 5.70. The van der Waals surface area contributed by atoms with Crippen LogP contribution in [-0.4, -0.2) is 101 Å². The second-order valence-electron chi connectivity index (χ2n) is 5.70. The van der Waals surface area contributed by atoms with Crippen molar-refractivity contribution >= 4 is 24.1 Å². The van der Waals surface area contributed by atoms with Crippen molar-refractivity contribution in [2.24, 2.45) is 5.73 Å². The number of hydrogen-bond acceptors (Lipinski definition) is 9. The number of carbonyl (C=O) groups excluding carboxylic acids is 3. The number of carboxylic acid groups (broad SMARTS) is 1. The van der Waals surface area contributed by atoms with Gasteiger partial charge >= 0.3 is 5.97 Å². The largest absolute Gasteiger partial charge is 0.481 e. The fourth-order valence-corrected chi connectivity index (χ4v) is 1.84. The highest BCUT2D eigenvalue weighted by Gasteiger charge is 2.13. The number of aldehydes is 1. The van der Waals surface area contributed by atoms with E-state index in [0.717, 1.165) is 0 Å². The Morgan fingerprint density at radius 2 is 1.48 bits per heavy atom. The van der Waals surface area contributed by atoms with E-state index in [1.165, 1.54) is 0 Å². The number of carbonyl (C=O) groups is 4. The lowest BCUT2D eigenvalue weighted by atomic mass is 10.1. The van der Waals surface area contributed by atoms with Crippen molar-refractivity contribution in [1.29, 1.82) is 0 Å². The standard InChI is InChI=1S/C17H31N3O9/c18-14(1-2-16(23)24)17(25)20-4-7-27-11-12-29-13-15(22)19-3-6-26-9-10-28-8-5-21/h5,14H,1-4,6-13,18H2,(H,19,22)(H,20,25)(H,23,24)/t14-/m0/s1. The number of carboxylic acids is 1. The summed E-state index contributed by atoms with van der Waals surface area (Å²) in [6.45, 7) is 2.18. The summed E-state index contributed by atoms with van der Waals surface area (Å²) in [5.74, 6) is -1.72. The van der Waals surface area contributed by atoms with Crippen molar-refractivity contribution in [3.63, 3.8) is 0 Å². The van der Waals surface area contributed by atoms with E-state index in [2.05, 4.69) is 10.6 Å². The normalized spacial score (nSPS) is 11.6. The molecule has 0 spiro atoms. The van der Waals surface area contributed by atoms with E-state index in [4.69, 9.17) is 29.8 Å². The van der Waals surface area contributed by atoms with Crippen molar-refractivity contribution in [1.82, 2.24) is 10.6 Å². The van der Waals surface area contributed by atoms with Crippen molar-refractivity contribution in [3.8, 4) is 0 Å². The van der Waals surface area contributed by atoms with Crippen LogP contribution in [-0.2, 0) is 38.1 Å². The molecule has 0 aliphatic rings. The number of nitrogens with one attached hydrogen (secondary N) is 2. The van der Waals surface area contributed by atoms with E-state index < -0.39 is 17.9 Å². The first-order valence-corrected chi connectivity index (χ1v) is 9.23. The molecule has 0 fully saturated rings. The molecule has 0 radical (unpaired) electrons. The summed E-state index contributed by atoms with van der Waals surface area (Å²) in [5.41, 5.74) is 5.55. The molecule has 0 rings (SSSR count). The maximum Gasteiger partial charge on any atom is 0.303 e. The molecular formula is C17H31N3O9. The zero-order valence-corrected chi connectivity index (χ0v) is 16.4. The number of aliphatic carboxylic acids is 1. The molecule has 2 amide bonds. The quantitative estimate of drug-likeness (QED) is 0.123. The molecule has 0 saturated carbocycles. The van der Waals surface area contributed by atoms with Crippen molar-refractivity contribution in [2.75, 3.05) is 65.9 Å². The summed E-state index contributed by atoms with van der Waals surface area (Å²) in [6, 6.07) is -0.867. The van der Waals surface area contributed by atoms with Crippen LogP contribution < -0.4 is 16.4 Å². The molecule has 0 aliphatic carbocycles. The third-order valence-electron chi connectivity index (χ3n) is 3.28. The summed E-state index contributed by atoms with van der Waals surface area (Å²) in [4.78, 5) is 43.5. The van der Waals surface area contributed by atoms with Gasteiger partial charge in [0.1, 0.15) is 19.5 Å². The highest BCUT2D eigenvalue weighted by Crippen LogP contribution is 1.94. The number of ether oxygens (including phenoxy) is 4. The van der Waals surface area contributed by atoms with Crippen LogP contribution in [0.1, 0.15) is 12.8 Å². The Bertz CT molecular complexity index is 477. The van der Waals surface area contributed by atoms with E-state index >= 15 is 0 Å². The van der Waals surface area contributed by atoms with Gasteiger partial charge in [0.25, 0.3) is 0 Å². The summed E-state index contributed by atoms with van der Waals surface area (Å²) < 4.78 is 20.5. The lowest BCUT2D eigenvalue weighted by Gasteiger charge is -2.11. The summed E-state index contributed by atoms with van der Waals surface area (Å²) in [5, 5.41) is 13.7. The van der Waals surface area contributed by atoms with Crippen LogP contribution in [0.5, 0.6) is 0 Å². The molecule has 12 heteroatoms. The minimum atomic E-state index is -1.00. The fourth-order valence-electron chi connectivity index (χ4n) is 1.84. The minimum Gasteiger partial charge on any atom is -0.481 e. The number of rotatable bonds is 20. The second kappa shape index (κ2) is 19.2. The van der Waals surface area contributed by atoms with Gasteiger partial charge in [-0.3, -0.25) is 14.4 Å². The molecule has 12 nitrogen and oxygen atoms in total. The zero-order valence-electron chi connectivity index (χ0n) is 16.4. The smallest absolute Gasteiger partial charge is 0.303 e. The predicted molar refractivity (Wildman–Crippen MR) is 100 cm³/mol. The Kier molecular flexibility index (Phi) is 17.8. The van der Waals surface area contributed by atoms with Crippen LogP contribution in [0.25, 0.3) is 0 Å². The monoisotopic (exact) mass is 421 g/mol. The Balaban J connectivity index is 3.39. The summed E-state index contributed by atoms with van der Waals surface area (Å²) in [6.07, 6.45) is 0.562. The molecule has 5 N–H and O–H groups in total. The highest BCUT2D eigenvalue weighted by atomic mass is 16.5. The van der Waals surface area contributed by atoms with Gasteiger partial charge in [0, 0.05) is 19.5 Å². The van der Waals surface area contributed by atoms with Crippen LogP contribution in [0.15, 0.2) is 0 Å². The van der Waals surface area contributed by atoms with Crippen LogP contribution in [0.2, 0.25) is 0 Å². The third-order valence-corrected chi connectivity index (χ3v) is 3.28. The van der Waals surface area contributed by atoms with Crippen LogP contribution in [0, 0.1) is 0 Å². The Labute approximate surface area is 169 Å². The van der Waals surface area contributed by atoms with E-state index in [1.54, 1.807) is 0 Å². The van der Waals surface area contributed by atoms with Crippen LogP contribution >= 0.6 is 0 Å². The first kappa shape index (κ1) is 26.9. The van der Waals surface area contributed by atoms with Crippen molar-refractivity contribution in [2.45, 2.75) is 18.9 Å². The highest BCUT2D eigenvalue weighted by molar-refractivity contribution is 5.82. The van der Waals surface area contributed by atoms with E-state index in [9.17, 15) is 19.2 Å². The Hall–Kier alpha value is -2.12. The van der Waals surface area contributed by atoms with E-state index in [1.807, 2.05) is 0 Å². The van der Waals surface area contributed by atoms with Crippen molar-refractivity contribution < 1.29 is 43.2 Å². The van der Waals surface area contributed by atoms with Gasteiger partial charge < -0.3 is 45.2 Å². The maximum atomic E-state index is 11.6. The molecule has 0 aromatic heterocycles. The average molecular weight is 421 g/mol. The van der Waals surface area contributed by atoms with Gasteiger partial charge in [-0.15, -0.1) is 0 Å². The van der Waals surface area contributed by atoms with E-state index in [0.29, 0.717) is 32.7 Å². The zero-order chi connectivity index (χ0) is 21.7. The molecule has 168 valence electrons. The topological polar surface area (TPSA) is 176 Å². The Morgan fingerprint density at radius 1 is 0.897 bits per heavy atom. The fraction of sp³-hybridized carbons (Fsp3) is 0.765. The van der Waals surface area contributed by atoms with Crippen LogP contribution in [0.4, 0.5) is 0 Å². The van der Waals surface area contributed by atoms with Crippen LogP contribution in [0.3, 0.4) is 0 Å². The first-order chi connectivity index (χ1) is 14.0. The minimum absolute atomic E-state index is 0.0402. The molecule has 0 bridgehead atoms. The lowest BCUT2D eigenvalue weighted by molar-refractivity contribution is -0.137. The van der Waals surface area contributed by atoms with Gasteiger partial charge in [-0.1, -0.05) is 0 Å². The van der Waals surface area contributed by atoms with E-state index in [-0.39, 0.29) is 58.3 Å². The van der Waals surface area contributed by atoms with Gasteiger partial charge in [-0.05, 0) is 6.42 Å². The Morgan fingerprint density at radius 3 is 2.10 bits per heavy atom. The number of amides is 2. The average Bonchev–Trinajstić information content (AvgIpc) is 2.69. The molecule has 0 aromatic rings. The molecule has 0 heterocycles. The molecule has 0 saturated heterocycles. The van der Waals surface area contributed by atoms with Gasteiger partial charge in [-0.2, -0.15) is 0 Å². The van der Waals surface area contributed by atoms with Crippen molar-refractivity contribution in [3.05, 3.63) is 0 Å². The summed E-state index contributed by atoms with van der Waals surface area (Å²) >= 11 is 0. The van der Waals surface area contributed by atoms with Gasteiger partial charge in [0.2, 0.25) is 11.8 Å². The molecule has 29 heavy (non-hydrogen) atoms. The molecular weight excluding hydrogens is 390 g/mol. The van der Waals surface area contributed by atoms with Gasteiger partial charge in [0.05, 0.1) is 45.7 Å². The summed E-state index contributed by atoms with van der Waals surface area (Å²) in [7, 11) is 0. The van der Waals surface area contributed by atoms with Gasteiger partial charge in [-0.25, -0.2) is 0 Å². The molecule has 0 aliphatic heterocycles. The number of hydrogen-bond donors (Lipinski definition) is 4. The third kappa shape index (κ3) is 19.0. The number of nitrogens with two attached hydrogens (primary N) is 1. The van der Waals surface area contributed by atoms with Gasteiger partial charge in [0.15, 0.2) is 0 Å². The molecule has 1 atom stereocenters. The lowest BCUT2D eigenvalue weighted by Crippen LogP contribution is -2.42.